The maximum Gasteiger partial charge on any atom is 0.187 e. The zero-order valence-corrected chi connectivity index (χ0v) is 35.0. The first-order chi connectivity index (χ1) is 31.8. The molecule has 6 aliphatic rings. The molecule has 6 saturated heterocycles. The van der Waals surface area contributed by atoms with Gasteiger partial charge in [0.05, 0.1) is 39.6 Å². The minimum atomic E-state index is -2.25. The third kappa shape index (κ3) is 11.2. The Labute approximate surface area is 378 Å². The van der Waals surface area contributed by atoms with Crippen molar-refractivity contribution in [2.75, 3.05) is 39.6 Å². The average Bonchev–Trinajstić information content (AvgIpc) is 3.32. The Hall–Kier alpha value is -1.24. The zero-order chi connectivity index (χ0) is 49.3. The summed E-state index contributed by atoms with van der Waals surface area (Å²) < 4.78 is 62.2. The number of aliphatic hydroxyl groups excluding tert-OH is 20. The molecule has 31 heteroatoms. The van der Waals surface area contributed by atoms with Crippen LogP contribution in [0.2, 0.25) is 0 Å². The van der Waals surface area contributed by atoms with E-state index < -0.39 is 224 Å². The molecule has 392 valence electrons. The standard InChI is InChI=1S/C36H62O31/c37-1-7-14(44)20(50)26(31(56)57-7)63-33-28(22(52)16(46)9(3-39)59-33)65-35-30(24(54)18(48)11(5-41)61-35)67-36-29(23(53)17(47)12(6-42)62-36)66-34-27(21(51)15(45)10(4-40)60-34)64-32-25(55)19(49)13(43)8(2-38)58-32/h7-56H,1-6H2/t7-,8-,9-,10-,11-,12-,13-,14-,15-,16-,17-,18-,19+,20+,21+,22+,23+,24+,25+,26+,27+,28+,29+,30+,31-,32+,33+,34+,35+,36+/m1/s1. The number of hydrogen-bond donors (Lipinski definition) is 20. The minimum absolute atomic E-state index is 0.865. The normalized spacial score (nSPS) is 53.4. The van der Waals surface area contributed by atoms with Crippen LogP contribution in [0.1, 0.15) is 0 Å². The van der Waals surface area contributed by atoms with Gasteiger partial charge < -0.3 is 154 Å². The summed E-state index contributed by atoms with van der Waals surface area (Å²) in [5.41, 5.74) is 0. The molecule has 6 fully saturated rings. The van der Waals surface area contributed by atoms with E-state index in [2.05, 4.69) is 0 Å². The molecular formula is C36H62O31. The third-order valence-electron chi connectivity index (χ3n) is 12.4. The average molecular weight is 991 g/mol. The van der Waals surface area contributed by atoms with E-state index >= 15 is 0 Å². The largest absolute Gasteiger partial charge is 0.394 e. The van der Waals surface area contributed by atoms with Crippen LogP contribution in [0.5, 0.6) is 0 Å². The molecule has 0 amide bonds. The van der Waals surface area contributed by atoms with E-state index in [1.165, 1.54) is 0 Å². The molecule has 6 aliphatic heterocycles. The van der Waals surface area contributed by atoms with Crippen LogP contribution in [0.4, 0.5) is 0 Å². The van der Waals surface area contributed by atoms with Crippen LogP contribution in [0.25, 0.3) is 0 Å². The Bertz CT molecular complexity index is 1510. The lowest BCUT2D eigenvalue weighted by atomic mass is 9.95. The summed E-state index contributed by atoms with van der Waals surface area (Å²) in [6, 6.07) is 0. The maximum atomic E-state index is 11.5. The summed E-state index contributed by atoms with van der Waals surface area (Å²) in [5, 5.41) is 211. The highest BCUT2D eigenvalue weighted by molar-refractivity contribution is 5.00. The van der Waals surface area contributed by atoms with Crippen LogP contribution in [-0.2, 0) is 52.1 Å². The molecule has 20 N–H and O–H groups in total. The van der Waals surface area contributed by atoms with Gasteiger partial charge in [0.1, 0.15) is 146 Å². The SMILES string of the molecule is OC[C@H]1O[C@@H](O[C@@H]2[C@H](O[C@@H]3[C@H](O[C@@H]4[C@H](O[C@@H]5[C@H](O[C@H]6[C@@H](O)[C@H](O)[C@@H](CO)O[C@H]6O)O[C@H](CO)[C@@H](O)[C@@H]5O)O[C@H](CO)[C@@H](O)[C@@H]4O)O[C@H](CO)[C@@H](O)[C@@H]3O)O[C@H](CO)[C@@H](O)[C@@H]2O)[C@@H](O)[C@@H](O)[C@@H]1O. The van der Waals surface area contributed by atoms with Crippen LogP contribution in [0, 0.1) is 0 Å². The Morgan fingerprint density at radius 1 is 0.224 bits per heavy atom. The first-order valence-electron chi connectivity index (χ1n) is 21.1. The summed E-state index contributed by atoms with van der Waals surface area (Å²) in [5.74, 6) is 0. The van der Waals surface area contributed by atoms with Crippen molar-refractivity contribution in [1.82, 2.24) is 0 Å². The van der Waals surface area contributed by atoms with Gasteiger partial charge in [0, 0.05) is 0 Å². The lowest BCUT2D eigenvalue weighted by Gasteiger charge is -2.50. The summed E-state index contributed by atoms with van der Waals surface area (Å²) in [6.45, 7) is -5.86. The molecule has 6 rings (SSSR count). The molecule has 0 aromatic heterocycles. The van der Waals surface area contributed by atoms with Crippen molar-refractivity contribution in [2.45, 2.75) is 184 Å². The first kappa shape index (κ1) is 55.1. The summed E-state index contributed by atoms with van der Waals surface area (Å²) >= 11 is 0. The quantitative estimate of drug-likeness (QED) is 0.0683. The van der Waals surface area contributed by atoms with Crippen LogP contribution < -0.4 is 0 Å². The van der Waals surface area contributed by atoms with E-state index in [0.29, 0.717) is 0 Å². The highest BCUT2D eigenvalue weighted by Gasteiger charge is 2.58. The van der Waals surface area contributed by atoms with Gasteiger partial charge >= 0.3 is 0 Å². The van der Waals surface area contributed by atoms with Gasteiger partial charge in [-0.25, -0.2) is 0 Å². The van der Waals surface area contributed by atoms with Crippen molar-refractivity contribution in [3.8, 4) is 0 Å². The molecule has 0 aliphatic carbocycles. The maximum absolute atomic E-state index is 11.5. The number of ether oxygens (including phenoxy) is 11. The van der Waals surface area contributed by atoms with Gasteiger partial charge in [0.15, 0.2) is 37.7 Å². The third-order valence-corrected chi connectivity index (χ3v) is 12.4. The van der Waals surface area contributed by atoms with E-state index in [0.717, 1.165) is 0 Å². The van der Waals surface area contributed by atoms with Crippen molar-refractivity contribution in [2.24, 2.45) is 0 Å². The second-order valence-corrected chi connectivity index (χ2v) is 16.8. The van der Waals surface area contributed by atoms with E-state index in [1.54, 1.807) is 0 Å². The van der Waals surface area contributed by atoms with Crippen molar-refractivity contribution >= 4 is 0 Å². The molecule has 0 aromatic rings. The van der Waals surface area contributed by atoms with Gasteiger partial charge in [-0.05, 0) is 0 Å². The van der Waals surface area contributed by atoms with Gasteiger partial charge in [0.2, 0.25) is 0 Å². The highest BCUT2D eigenvalue weighted by atomic mass is 16.8. The zero-order valence-electron chi connectivity index (χ0n) is 35.0. The van der Waals surface area contributed by atoms with Crippen molar-refractivity contribution in [3.63, 3.8) is 0 Å². The number of hydrogen-bond acceptors (Lipinski definition) is 31. The molecule has 30 atom stereocenters. The van der Waals surface area contributed by atoms with Crippen molar-refractivity contribution in [3.05, 3.63) is 0 Å². The molecule has 0 saturated carbocycles. The minimum Gasteiger partial charge on any atom is -0.394 e. The lowest BCUT2D eigenvalue weighted by Crippen LogP contribution is -2.69. The predicted octanol–water partition coefficient (Wildman–Crippen LogP) is -14.1. The molecule has 67 heavy (non-hydrogen) atoms. The topological polar surface area (TPSA) is 506 Å². The molecule has 0 radical (unpaired) electrons. The number of aliphatic hydroxyl groups is 20. The van der Waals surface area contributed by atoms with E-state index in [4.69, 9.17) is 52.1 Å². The fourth-order valence-corrected chi connectivity index (χ4v) is 8.42. The van der Waals surface area contributed by atoms with Gasteiger partial charge in [-0.2, -0.15) is 0 Å². The van der Waals surface area contributed by atoms with Gasteiger partial charge in [-0.1, -0.05) is 0 Å². The predicted molar refractivity (Wildman–Crippen MR) is 199 cm³/mol. The van der Waals surface area contributed by atoms with Gasteiger partial charge in [-0.15, -0.1) is 0 Å². The smallest absolute Gasteiger partial charge is 0.187 e. The molecule has 31 nitrogen and oxygen atoms in total. The van der Waals surface area contributed by atoms with Crippen molar-refractivity contribution in [1.29, 1.82) is 0 Å². The lowest BCUT2D eigenvalue weighted by molar-refractivity contribution is -0.417. The monoisotopic (exact) mass is 990 g/mol. The van der Waals surface area contributed by atoms with Crippen LogP contribution >= 0.6 is 0 Å². The van der Waals surface area contributed by atoms with Crippen molar-refractivity contribution < 1.29 is 154 Å². The van der Waals surface area contributed by atoms with Gasteiger partial charge in [-0.3, -0.25) is 0 Å². The van der Waals surface area contributed by atoms with Gasteiger partial charge in [0.25, 0.3) is 0 Å². The number of rotatable bonds is 16. The Morgan fingerprint density at radius 3 is 0.716 bits per heavy atom. The molecule has 0 spiro atoms. The Morgan fingerprint density at radius 2 is 0.433 bits per heavy atom. The van der Waals surface area contributed by atoms with E-state index in [-0.39, 0.29) is 0 Å². The first-order valence-corrected chi connectivity index (χ1v) is 21.1. The summed E-state index contributed by atoms with van der Waals surface area (Å²) in [6.07, 6.45) is -60.2. The Kier molecular flexibility index (Phi) is 19.4. The van der Waals surface area contributed by atoms with Crippen LogP contribution in [0.3, 0.4) is 0 Å². The molecule has 6 heterocycles. The highest BCUT2D eigenvalue weighted by Crippen LogP contribution is 2.37. The second kappa shape index (κ2) is 23.5. The van der Waals surface area contributed by atoms with Crippen LogP contribution in [0.15, 0.2) is 0 Å². The van der Waals surface area contributed by atoms with E-state index in [1.807, 2.05) is 0 Å². The fourth-order valence-electron chi connectivity index (χ4n) is 8.42. The molecular weight excluding hydrogens is 928 g/mol. The second-order valence-electron chi connectivity index (χ2n) is 16.8. The summed E-state index contributed by atoms with van der Waals surface area (Å²) in [7, 11) is 0. The summed E-state index contributed by atoms with van der Waals surface area (Å²) in [4.78, 5) is 0. The van der Waals surface area contributed by atoms with Crippen LogP contribution in [-0.4, -0.2) is 326 Å². The molecule has 0 unspecified atom stereocenters. The Balaban J connectivity index is 1.31. The van der Waals surface area contributed by atoms with E-state index in [9.17, 15) is 102 Å². The fraction of sp³-hybridized carbons (Fsp3) is 1.00. The molecule has 0 bridgehead atoms. The molecule has 0 aromatic carbocycles.